The molecule has 2 rings (SSSR count). The van der Waals surface area contributed by atoms with Crippen LogP contribution in [0.25, 0.3) is 0 Å². The van der Waals surface area contributed by atoms with E-state index in [2.05, 4.69) is 33.8 Å². The monoisotopic (exact) mass is 289 g/mol. The zero-order valence-electron chi connectivity index (χ0n) is 14.0. The summed E-state index contributed by atoms with van der Waals surface area (Å²) in [6, 6.07) is 8.16. The molecule has 0 heterocycles. The van der Waals surface area contributed by atoms with E-state index in [1.165, 1.54) is 12.8 Å². The van der Waals surface area contributed by atoms with Gasteiger partial charge in [0.1, 0.15) is 0 Å². The summed E-state index contributed by atoms with van der Waals surface area (Å²) in [5.41, 5.74) is 8.55. The molecule has 0 spiro atoms. The molecule has 0 radical (unpaired) electrons. The summed E-state index contributed by atoms with van der Waals surface area (Å²) in [6.07, 6.45) is 3.96. The van der Waals surface area contributed by atoms with E-state index >= 15 is 0 Å². The summed E-state index contributed by atoms with van der Waals surface area (Å²) in [4.78, 5) is 0. The molecule has 3 N–H and O–H groups in total. The zero-order chi connectivity index (χ0) is 15.7. The van der Waals surface area contributed by atoms with Gasteiger partial charge in [-0.25, -0.2) is 0 Å². The van der Waals surface area contributed by atoms with Crippen molar-refractivity contribution in [1.82, 2.24) is 0 Å². The first-order valence-corrected chi connectivity index (χ1v) is 8.24. The van der Waals surface area contributed by atoms with Crippen molar-refractivity contribution in [2.24, 2.45) is 22.5 Å². The fourth-order valence-corrected chi connectivity index (χ4v) is 3.87. The number of aryl methyl sites for hydroxylation is 1. The fraction of sp³-hybridized carbons (Fsp3) is 0.684. The van der Waals surface area contributed by atoms with Crippen LogP contribution in [0.3, 0.4) is 0 Å². The first-order chi connectivity index (χ1) is 9.80. The number of benzene rings is 1. The van der Waals surface area contributed by atoms with Crippen molar-refractivity contribution in [3.63, 3.8) is 0 Å². The molecule has 1 aromatic rings. The maximum Gasteiger partial charge on any atom is 0.0860 e. The van der Waals surface area contributed by atoms with Gasteiger partial charge in [-0.05, 0) is 55.1 Å². The minimum atomic E-state index is -0.440. The number of hydrogen-bond donors (Lipinski definition) is 2. The molecule has 2 heteroatoms. The predicted molar refractivity (Wildman–Crippen MR) is 89.0 cm³/mol. The van der Waals surface area contributed by atoms with Gasteiger partial charge in [0.15, 0.2) is 0 Å². The second-order valence-corrected chi connectivity index (χ2v) is 7.97. The average molecular weight is 289 g/mol. The highest BCUT2D eigenvalue weighted by Crippen LogP contribution is 2.50. The average Bonchev–Trinajstić information content (AvgIpc) is 2.46. The summed E-state index contributed by atoms with van der Waals surface area (Å²) in [5, 5.41) is 11.0. The van der Waals surface area contributed by atoms with Crippen LogP contribution in [0, 0.1) is 23.7 Å². The molecule has 0 amide bonds. The molecular formula is C19H31NO. The topological polar surface area (TPSA) is 46.2 Å². The van der Waals surface area contributed by atoms with E-state index in [1.807, 2.05) is 18.2 Å². The lowest BCUT2D eigenvalue weighted by molar-refractivity contribution is -0.0237. The van der Waals surface area contributed by atoms with Gasteiger partial charge in [-0.15, -0.1) is 0 Å². The van der Waals surface area contributed by atoms with E-state index in [1.54, 1.807) is 0 Å². The summed E-state index contributed by atoms with van der Waals surface area (Å²) in [6.45, 7) is 9.61. The van der Waals surface area contributed by atoms with E-state index in [-0.39, 0.29) is 5.41 Å². The van der Waals surface area contributed by atoms with Gasteiger partial charge in [-0.1, -0.05) is 45.0 Å². The lowest BCUT2D eigenvalue weighted by atomic mass is 9.61. The third-order valence-electron chi connectivity index (χ3n) is 5.68. The number of aliphatic hydroxyl groups is 1. The fourth-order valence-electron chi connectivity index (χ4n) is 3.87. The largest absolute Gasteiger partial charge is 0.388 e. The summed E-state index contributed by atoms with van der Waals surface area (Å²) in [5.74, 6) is 0.737. The quantitative estimate of drug-likeness (QED) is 0.875. The third kappa shape index (κ3) is 3.32. The lowest BCUT2D eigenvalue weighted by Gasteiger charge is -2.46. The Labute approximate surface area is 129 Å². The molecule has 1 aliphatic rings. The van der Waals surface area contributed by atoms with Crippen LogP contribution in [0.15, 0.2) is 24.3 Å². The van der Waals surface area contributed by atoms with Gasteiger partial charge in [-0.2, -0.15) is 0 Å². The Morgan fingerprint density at radius 1 is 1.24 bits per heavy atom. The van der Waals surface area contributed by atoms with E-state index in [4.69, 9.17) is 5.73 Å². The minimum Gasteiger partial charge on any atom is -0.388 e. The van der Waals surface area contributed by atoms with Crippen molar-refractivity contribution >= 4 is 0 Å². The lowest BCUT2D eigenvalue weighted by Crippen LogP contribution is -2.42. The van der Waals surface area contributed by atoms with Gasteiger partial charge < -0.3 is 10.8 Å². The van der Waals surface area contributed by atoms with Crippen molar-refractivity contribution in [2.45, 2.75) is 59.5 Å². The normalized spacial score (nSPS) is 28.4. The van der Waals surface area contributed by atoms with Gasteiger partial charge in [-0.3, -0.25) is 0 Å². The number of hydrogen-bond acceptors (Lipinski definition) is 2. The Morgan fingerprint density at radius 3 is 2.29 bits per heavy atom. The highest BCUT2D eigenvalue weighted by molar-refractivity contribution is 5.29. The molecule has 118 valence electrons. The molecule has 1 aromatic carbocycles. The standard InChI is InChI=1S/C19H31NO/c1-14-7-5-6-8-16(14)17(21)19(13-20)11-9-15(10-12-19)18(2,3)4/h5-8,15,17,21H,9-13,20H2,1-4H3. The van der Waals surface area contributed by atoms with Crippen LogP contribution >= 0.6 is 0 Å². The van der Waals surface area contributed by atoms with Crippen molar-refractivity contribution in [3.8, 4) is 0 Å². The molecule has 0 aliphatic heterocycles. The van der Waals surface area contributed by atoms with Crippen molar-refractivity contribution in [3.05, 3.63) is 35.4 Å². The third-order valence-corrected chi connectivity index (χ3v) is 5.68. The molecular weight excluding hydrogens is 258 g/mol. The van der Waals surface area contributed by atoms with Crippen molar-refractivity contribution < 1.29 is 5.11 Å². The van der Waals surface area contributed by atoms with Crippen LogP contribution in [0.1, 0.15) is 63.7 Å². The number of nitrogens with two attached hydrogens (primary N) is 1. The molecule has 0 saturated heterocycles. The van der Waals surface area contributed by atoms with Crippen LogP contribution in [-0.2, 0) is 0 Å². The molecule has 1 aliphatic carbocycles. The number of aliphatic hydroxyl groups excluding tert-OH is 1. The van der Waals surface area contributed by atoms with Gasteiger partial charge >= 0.3 is 0 Å². The maximum atomic E-state index is 11.0. The molecule has 1 saturated carbocycles. The number of rotatable bonds is 3. The molecule has 2 nitrogen and oxygen atoms in total. The summed E-state index contributed by atoms with van der Waals surface area (Å²) >= 11 is 0. The summed E-state index contributed by atoms with van der Waals surface area (Å²) in [7, 11) is 0. The SMILES string of the molecule is Cc1ccccc1C(O)C1(CN)CCC(C(C)(C)C)CC1. The molecule has 21 heavy (non-hydrogen) atoms. The van der Waals surface area contributed by atoms with Crippen LogP contribution in [-0.4, -0.2) is 11.7 Å². The van der Waals surface area contributed by atoms with Crippen LogP contribution < -0.4 is 5.73 Å². The molecule has 1 fully saturated rings. The first-order valence-electron chi connectivity index (χ1n) is 8.24. The Bertz CT molecular complexity index is 467. The van der Waals surface area contributed by atoms with Gasteiger partial charge in [0.2, 0.25) is 0 Å². The minimum absolute atomic E-state index is 0.145. The van der Waals surface area contributed by atoms with Crippen molar-refractivity contribution in [2.75, 3.05) is 6.54 Å². The smallest absolute Gasteiger partial charge is 0.0860 e. The second-order valence-electron chi connectivity index (χ2n) is 7.97. The molecule has 0 aromatic heterocycles. The van der Waals surface area contributed by atoms with E-state index in [9.17, 15) is 5.11 Å². The van der Waals surface area contributed by atoms with Crippen LogP contribution in [0.2, 0.25) is 0 Å². The van der Waals surface area contributed by atoms with E-state index in [0.717, 1.165) is 29.9 Å². The Morgan fingerprint density at radius 2 is 1.81 bits per heavy atom. The molecule has 1 atom stereocenters. The predicted octanol–water partition coefficient (Wildman–Crippen LogP) is 4.21. The Hall–Kier alpha value is -0.860. The second kappa shape index (κ2) is 6.10. The maximum absolute atomic E-state index is 11.0. The van der Waals surface area contributed by atoms with Gasteiger partial charge in [0.25, 0.3) is 0 Å². The first kappa shape index (κ1) is 16.5. The summed E-state index contributed by atoms with van der Waals surface area (Å²) < 4.78 is 0. The van der Waals surface area contributed by atoms with Gasteiger partial charge in [0, 0.05) is 12.0 Å². The molecule has 0 bridgehead atoms. The van der Waals surface area contributed by atoms with Crippen LogP contribution in [0.5, 0.6) is 0 Å². The highest BCUT2D eigenvalue weighted by atomic mass is 16.3. The Kier molecular flexibility index (Phi) is 4.79. The Balaban J connectivity index is 2.19. The van der Waals surface area contributed by atoms with E-state index < -0.39 is 6.10 Å². The zero-order valence-corrected chi connectivity index (χ0v) is 14.0. The van der Waals surface area contributed by atoms with Crippen molar-refractivity contribution in [1.29, 1.82) is 0 Å². The van der Waals surface area contributed by atoms with E-state index in [0.29, 0.717) is 12.0 Å². The highest BCUT2D eigenvalue weighted by Gasteiger charge is 2.43. The van der Waals surface area contributed by atoms with Crippen LogP contribution in [0.4, 0.5) is 0 Å². The molecule has 1 unspecified atom stereocenters. The van der Waals surface area contributed by atoms with Gasteiger partial charge in [0.05, 0.1) is 6.10 Å².